The fourth-order valence-corrected chi connectivity index (χ4v) is 2.07. The van der Waals surface area contributed by atoms with Gasteiger partial charge in [0.25, 0.3) is 0 Å². The summed E-state index contributed by atoms with van der Waals surface area (Å²) in [6, 6.07) is 3.75. The van der Waals surface area contributed by atoms with Gasteiger partial charge in [-0.05, 0) is 35.0 Å². The quantitative estimate of drug-likeness (QED) is 0.779. The van der Waals surface area contributed by atoms with E-state index in [2.05, 4.69) is 36.0 Å². The lowest BCUT2D eigenvalue weighted by Crippen LogP contribution is -1.98. The Kier molecular flexibility index (Phi) is 3.19. The van der Waals surface area contributed by atoms with E-state index in [1.54, 1.807) is 29.5 Å². The number of pyridine rings is 1. The normalized spacial score (nSPS) is 10.7. The second-order valence-corrected chi connectivity index (χ2v) is 5.12. The first-order chi connectivity index (χ1) is 9.65. The molecule has 7 heteroatoms. The molecule has 6 nitrogen and oxygen atoms in total. The number of anilines is 1. The van der Waals surface area contributed by atoms with Gasteiger partial charge in [-0.25, -0.2) is 9.67 Å². The van der Waals surface area contributed by atoms with Crippen LogP contribution in [0.4, 0.5) is 5.69 Å². The average molecular weight is 331 g/mol. The molecular formula is C13H11BrN6. The predicted molar refractivity (Wildman–Crippen MR) is 79.2 cm³/mol. The van der Waals surface area contributed by atoms with Crippen LogP contribution >= 0.6 is 15.9 Å². The first-order valence-corrected chi connectivity index (χ1v) is 6.69. The fraction of sp³-hybridized carbons (Fsp3) is 0.0769. The Balaban J connectivity index is 2.08. The zero-order chi connectivity index (χ0) is 14.1. The third kappa shape index (κ3) is 2.27. The van der Waals surface area contributed by atoms with Gasteiger partial charge in [-0.3, -0.25) is 9.97 Å². The Labute approximate surface area is 123 Å². The van der Waals surface area contributed by atoms with Crippen molar-refractivity contribution in [3.05, 3.63) is 47.1 Å². The molecule has 2 N–H and O–H groups in total. The summed E-state index contributed by atoms with van der Waals surface area (Å²) < 4.78 is 2.54. The molecule has 0 amide bonds. The maximum Gasteiger partial charge on any atom is 0.153 e. The van der Waals surface area contributed by atoms with Crippen molar-refractivity contribution in [3.8, 4) is 17.2 Å². The summed E-state index contributed by atoms with van der Waals surface area (Å²) in [4.78, 5) is 12.8. The summed E-state index contributed by atoms with van der Waals surface area (Å²) in [6.07, 6.45) is 6.70. The van der Waals surface area contributed by atoms with Gasteiger partial charge in [0.2, 0.25) is 0 Å². The van der Waals surface area contributed by atoms with Crippen LogP contribution in [0.3, 0.4) is 0 Å². The molecule has 3 aromatic heterocycles. The highest BCUT2D eigenvalue weighted by Gasteiger charge is 2.14. The predicted octanol–water partition coefficient (Wildman–Crippen LogP) is 2.38. The van der Waals surface area contributed by atoms with E-state index >= 15 is 0 Å². The highest BCUT2D eigenvalue weighted by molar-refractivity contribution is 9.10. The van der Waals surface area contributed by atoms with Crippen molar-refractivity contribution in [1.82, 2.24) is 24.7 Å². The first-order valence-electron chi connectivity index (χ1n) is 5.90. The molecule has 0 aliphatic rings. The number of aromatic nitrogens is 5. The Hall–Kier alpha value is -2.28. The van der Waals surface area contributed by atoms with Crippen molar-refractivity contribution < 1.29 is 0 Å². The number of nitrogen functional groups attached to an aromatic ring is 1. The van der Waals surface area contributed by atoms with E-state index in [9.17, 15) is 0 Å². The van der Waals surface area contributed by atoms with Crippen LogP contribution in [0.2, 0.25) is 0 Å². The summed E-state index contributed by atoms with van der Waals surface area (Å²) >= 11 is 3.35. The molecule has 0 fully saturated rings. The minimum absolute atomic E-state index is 0.540. The largest absolute Gasteiger partial charge is 0.396 e. The smallest absolute Gasteiger partial charge is 0.153 e. The molecule has 20 heavy (non-hydrogen) atoms. The van der Waals surface area contributed by atoms with Gasteiger partial charge < -0.3 is 5.73 Å². The third-order valence-electron chi connectivity index (χ3n) is 2.79. The van der Waals surface area contributed by atoms with Gasteiger partial charge in [-0.2, -0.15) is 5.10 Å². The molecule has 0 aromatic carbocycles. The van der Waals surface area contributed by atoms with E-state index < -0.39 is 0 Å². The second kappa shape index (κ2) is 5.01. The molecule has 3 rings (SSSR count). The van der Waals surface area contributed by atoms with Crippen molar-refractivity contribution in [3.63, 3.8) is 0 Å². The molecule has 3 aromatic rings. The Bertz CT molecular complexity index is 750. The van der Waals surface area contributed by atoms with Gasteiger partial charge in [0.15, 0.2) is 5.82 Å². The molecule has 0 bridgehead atoms. The standard InChI is InChI=1S/C13H11BrN6/c1-8-12(17-5-4-16-8)13-10(15)7-20(19-13)11-3-2-9(14)6-18-11/h2-7H,15H2,1H3. The lowest BCUT2D eigenvalue weighted by Gasteiger charge is -2.01. The van der Waals surface area contributed by atoms with Crippen LogP contribution < -0.4 is 5.73 Å². The number of hydrogen-bond acceptors (Lipinski definition) is 5. The van der Waals surface area contributed by atoms with Crippen LogP contribution in [0.15, 0.2) is 41.4 Å². The van der Waals surface area contributed by atoms with Gasteiger partial charge in [0.05, 0.1) is 17.6 Å². The van der Waals surface area contributed by atoms with Gasteiger partial charge in [0.1, 0.15) is 11.4 Å². The second-order valence-electron chi connectivity index (χ2n) is 4.20. The monoisotopic (exact) mass is 330 g/mol. The van der Waals surface area contributed by atoms with Crippen LogP contribution in [-0.2, 0) is 0 Å². The zero-order valence-corrected chi connectivity index (χ0v) is 12.2. The SMILES string of the molecule is Cc1nccnc1-c1nn(-c2ccc(Br)cn2)cc1N. The molecule has 100 valence electrons. The fourth-order valence-electron chi connectivity index (χ4n) is 1.83. The molecule has 3 heterocycles. The Morgan fingerprint density at radius 2 is 1.90 bits per heavy atom. The van der Waals surface area contributed by atoms with Crippen molar-refractivity contribution in [2.24, 2.45) is 0 Å². The minimum Gasteiger partial charge on any atom is -0.396 e. The van der Waals surface area contributed by atoms with Crippen molar-refractivity contribution in [2.45, 2.75) is 6.92 Å². The lowest BCUT2D eigenvalue weighted by molar-refractivity contribution is 0.847. The van der Waals surface area contributed by atoms with Crippen LogP contribution in [0, 0.1) is 6.92 Å². The maximum absolute atomic E-state index is 6.02. The lowest BCUT2D eigenvalue weighted by atomic mass is 10.2. The summed E-state index contributed by atoms with van der Waals surface area (Å²) in [5, 5.41) is 4.45. The number of halogens is 1. The van der Waals surface area contributed by atoms with E-state index in [4.69, 9.17) is 5.73 Å². The number of rotatable bonds is 2. The average Bonchev–Trinajstić information content (AvgIpc) is 2.82. The molecule has 0 atom stereocenters. The van der Waals surface area contributed by atoms with E-state index in [1.165, 1.54) is 0 Å². The van der Waals surface area contributed by atoms with E-state index in [0.29, 0.717) is 22.9 Å². The van der Waals surface area contributed by atoms with Gasteiger partial charge in [0, 0.05) is 23.1 Å². The van der Waals surface area contributed by atoms with Crippen molar-refractivity contribution in [2.75, 3.05) is 5.73 Å². The summed E-state index contributed by atoms with van der Waals surface area (Å²) in [5.74, 6) is 0.688. The molecule has 0 radical (unpaired) electrons. The third-order valence-corrected chi connectivity index (χ3v) is 3.26. The maximum atomic E-state index is 6.02. The summed E-state index contributed by atoms with van der Waals surface area (Å²) in [6.45, 7) is 1.87. The zero-order valence-electron chi connectivity index (χ0n) is 10.7. The highest BCUT2D eigenvalue weighted by Crippen LogP contribution is 2.25. The van der Waals surface area contributed by atoms with Crippen LogP contribution in [0.1, 0.15) is 5.69 Å². The minimum atomic E-state index is 0.540. The van der Waals surface area contributed by atoms with Gasteiger partial charge in [-0.1, -0.05) is 0 Å². The molecule has 0 aliphatic heterocycles. The van der Waals surface area contributed by atoms with E-state index in [1.807, 2.05) is 19.1 Å². The van der Waals surface area contributed by atoms with Crippen LogP contribution in [0.25, 0.3) is 17.2 Å². The molecule has 0 saturated carbocycles. The number of hydrogen-bond donors (Lipinski definition) is 1. The number of aryl methyl sites for hydroxylation is 1. The van der Waals surface area contributed by atoms with Crippen LogP contribution in [-0.4, -0.2) is 24.7 Å². The van der Waals surface area contributed by atoms with Crippen LogP contribution in [0.5, 0.6) is 0 Å². The van der Waals surface area contributed by atoms with E-state index in [-0.39, 0.29) is 0 Å². The topological polar surface area (TPSA) is 82.5 Å². The molecule has 0 saturated heterocycles. The first kappa shape index (κ1) is 12.7. The number of nitrogens with zero attached hydrogens (tertiary/aromatic N) is 5. The van der Waals surface area contributed by atoms with Crippen molar-refractivity contribution in [1.29, 1.82) is 0 Å². The highest BCUT2D eigenvalue weighted by atomic mass is 79.9. The molecule has 0 unspecified atom stereocenters. The summed E-state index contributed by atoms with van der Waals surface area (Å²) in [5.41, 5.74) is 8.64. The van der Waals surface area contributed by atoms with Crippen molar-refractivity contribution >= 4 is 21.6 Å². The molecule has 0 spiro atoms. The number of nitrogens with two attached hydrogens (primary N) is 1. The summed E-state index contributed by atoms with van der Waals surface area (Å²) in [7, 11) is 0. The molecular weight excluding hydrogens is 320 g/mol. The Morgan fingerprint density at radius 1 is 1.10 bits per heavy atom. The van der Waals surface area contributed by atoms with Gasteiger partial charge >= 0.3 is 0 Å². The molecule has 0 aliphatic carbocycles. The van der Waals surface area contributed by atoms with Gasteiger partial charge in [-0.15, -0.1) is 0 Å². The van der Waals surface area contributed by atoms with E-state index in [0.717, 1.165) is 10.2 Å². The Morgan fingerprint density at radius 3 is 2.60 bits per heavy atom.